The molecule has 0 N–H and O–H groups in total. The standard InChI is InChI=1S/C14H18O2/c1-3-14(9-8-12(15)10-14)11-4-6-13(16-2)7-5-11/h4-7H,3,8-10H2,1-2H3/t14-/m1/s1. The zero-order valence-electron chi connectivity index (χ0n) is 9.95. The number of Topliss-reactive ketones (excluding diaryl/α,β-unsaturated/α-hetero) is 1. The molecular weight excluding hydrogens is 200 g/mol. The molecule has 2 rings (SSSR count). The maximum absolute atomic E-state index is 11.5. The molecule has 1 aliphatic rings. The van der Waals surface area contributed by atoms with Crippen LogP contribution in [0.5, 0.6) is 5.75 Å². The highest BCUT2D eigenvalue weighted by atomic mass is 16.5. The highest BCUT2D eigenvalue weighted by Gasteiger charge is 2.38. The summed E-state index contributed by atoms with van der Waals surface area (Å²) in [4.78, 5) is 11.5. The second-order valence-corrected chi connectivity index (χ2v) is 4.58. The predicted octanol–water partition coefficient (Wildman–Crippen LogP) is 3.10. The maximum Gasteiger partial charge on any atom is 0.133 e. The van der Waals surface area contributed by atoms with Gasteiger partial charge in [-0.15, -0.1) is 0 Å². The average Bonchev–Trinajstić information content (AvgIpc) is 2.72. The van der Waals surface area contributed by atoms with Gasteiger partial charge in [-0.3, -0.25) is 4.79 Å². The third kappa shape index (κ3) is 1.84. The first kappa shape index (κ1) is 11.2. The van der Waals surface area contributed by atoms with Gasteiger partial charge in [0, 0.05) is 18.3 Å². The van der Waals surface area contributed by atoms with Gasteiger partial charge in [-0.05, 0) is 30.5 Å². The minimum atomic E-state index is 0.0867. The van der Waals surface area contributed by atoms with Crippen LogP contribution in [-0.4, -0.2) is 12.9 Å². The Morgan fingerprint density at radius 1 is 1.31 bits per heavy atom. The molecule has 0 saturated heterocycles. The number of ketones is 1. The van der Waals surface area contributed by atoms with Gasteiger partial charge >= 0.3 is 0 Å². The summed E-state index contributed by atoms with van der Waals surface area (Å²) in [6, 6.07) is 8.16. The fraction of sp³-hybridized carbons (Fsp3) is 0.500. The lowest BCUT2D eigenvalue weighted by Gasteiger charge is -2.27. The minimum Gasteiger partial charge on any atom is -0.497 e. The lowest BCUT2D eigenvalue weighted by atomic mass is 9.77. The first-order valence-electron chi connectivity index (χ1n) is 5.86. The number of methoxy groups -OCH3 is 1. The van der Waals surface area contributed by atoms with E-state index in [-0.39, 0.29) is 5.41 Å². The molecule has 1 atom stereocenters. The smallest absolute Gasteiger partial charge is 0.133 e. The normalized spacial score (nSPS) is 24.8. The summed E-state index contributed by atoms with van der Waals surface area (Å²) in [5, 5.41) is 0. The molecule has 0 bridgehead atoms. The van der Waals surface area contributed by atoms with E-state index in [1.807, 2.05) is 12.1 Å². The quantitative estimate of drug-likeness (QED) is 0.779. The van der Waals surface area contributed by atoms with Crippen LogP contribution >= 0.6 is 0 Å². The molecule has 1 aliphatic carbocycles. The molecule has 1 fully saturated rings. The van der Waals surface area contributed by atoms with E-state index >= 15 is 0 Å². The predicted molar refractivity (Wildman–Crippen MR) is 63.8 cm³/mol. The van der Waals surface area contributed by atoms with Crippen molar-refractivity contribution >= 4 is 5.78 Å². The first-order valence-corrected chi connectivity index (χ1v) is 5.86. The Hall–Kier alpha value is -1.31. The van der Waals surface area contributed by atoms with Gasteiger partial charge in [-0.25, -0.2) is 0 Å². The van der Waals surface area contributed by atoms with Crippen molar-refractivity contribution in [1.29, 1.82) is 0 Å². The van der Waals surface area contributed by atoms with E-state index in [0.717, 1.165) is 25.0 Å². The Morgan fingerprint density at radius 2 is 2.00 bits per heavy atom. The topological polar surface area (TPSA) is 26.3 Å². The lowest BCUT2D eigenvalue weighted by Crippen LogP contribution is -2.21. The molecular formula is C14H18O2. The molecule has 0 spiro atoms. The van der Waals surface area contributed by atoms with Crippen molar-refractivity contribution in [1.82, 2.24) is 0 Å². The van der Waals surface area contributed by atoms with E-state index < -0.39 is 0 Å². The van der Waals surface area contributed by atoms with Gasteiger partial charge in [0.2, 0.25) is 0 Å². The van der Waals surface area contributed by atoms with E-state index in [2.05, 4.69) is 19.1 Å². The van der Waals surface area contributed by atoms with Crippen LogP contribution in [0.15, 0.2) is 24.3 Å². The molecule has 2 nitrogen and oxygen atoms in total. The van der Waals surface area contributed by atoms with Gasteiger partial charge in [-0.2, -0.15) is 0 Å². The van der Waals surface area contributed by atoms with E-state index in [1.165, 1.54) is 5.56 Å². The van der Waals surface area contributed by atoms with Crippen LogP contribution in [0.25, 0.3) is 0 Å². The largest absolute Gasteiger partial charge is 0.497 e. The van der Waals surface area contributed by atoms with Crippen molar-refractivity contribution < 1.29 is 9.53 Å². The number of rotatable bonds is 3. The summed E-state index contributed by atoms with van der Waals surface area (Å²) in [6.45, 7) is 2.17. The van der Waals surface area contributed by atoms with Crippen LogP contribution in [0.4, 0.5) is 0 Å². The van der Waals surface area contributed by atoms with Crippen LogP contribution in [0.2, 0.25) is 0 Å². The maximum atomic E-state index is 11.5. The van der Waals surface area contributed by atoms with Gasteiger partial charge in [0.25, 0.3) is 0 Å². The van der Waals surface area contributed by atoms with E-state index in [4.69, 9.17) is 4.74 Å². The van der Waals surface area contributed by atoms with Crippen molar-refractivity contribution in [2.75, 3.05) is 7.11 Å². The van der Waals surface area contributed by atoms with Crippen molar-refractivity contribution in [3.63, 3.8) is 0 Å². The van der Waals surface area contributed by atoms with Gasteiger partial charge in [0.1, 0.15) is 11.5 Å². The highest BCUT2D eigenvalue weighted by molar-refractivity contribution is 5.82. The third-order valence-corrected chi connectivity index (χ3v) is 3.80. The number of hydrogen-bond donors (Lipinski definition) is 0. The molecule has 0 radical (unpaired) electrons. The van der Waals surface area contributed by atoms with Crippen LogP contribution in [0, 0.1) is 0 Å². The zero-order chi connectivity index (χ0) is 11.6. The van der Waals surface area contributed by atoms with Crippen molar-refractivity contribution in [2.45, 2.75) is 38.0 Å². The summed E-state index contributed by atoms with van der Waals surface area (Å²) in [6.07, 6.45) is 3.47. The summed E-state index contributed by atoms with van der Waals surface area (Å²) < 4.78 is 5.15. The van der Waals surface area contributed by atoms with Crippen molar-refractivity contribution in [3.8, 4) is 5.75 Å². The van der Waals surface area contributed by atoms with Gasteiger partial charge in [0.05, 0.1) is 7.11 Å². The number of carbonyl (C=O) groups is 1. The number of hydrogen-bond acceptors (Lipinski definition) is 2. The molecule has 2 heteroatoms. The van der Waals surface area contributed by atoms with Gasteiger partial charge in [0.15, 0.2) is 0 Å². The summed E-state index contributed by atoms with van der Waals surface area (Å²) in [5.74, 6) is 1.27. The second kappa shape index (κ2) is 4.28. The fourth-order valence-corrected chi connectivity index (χ4v) is 2.63. The molecule has 0 unspecified atom stereocenters. The molecule has 1 aromatic carbocycles. The van der Waals surface area contributed by atoms with Crippen molar-refractivity contribution in [2.24, 2.45) is 0 Å². The minimum absolute atomic E-state index is 0.0867. The Morgan fingerprint density at radius 3 is 2.44 bits per heavy atom. The molecule has 1 aromatic rings. The number of carbonyl (C=O) groups excluding carboxylic acids is 1. The van der Waals surface area contributed by atoms with Crippen molar-refractivity contribution in [3.05, 3.63) is 29.8 Å². The Balaban J connectivity index is 2.30. The van der Waals surface area contributed by atoms with Gasteiger partial charge < -0.3 is 4.74 Å². The summed E-state index contributed by atoms with van der Waals surface area (Å²) in [5.41, 5.74) is 1.37. The number of ether oxygens (including phenoxy) is 1. The molecule has 0 heterocycles. The number of benzene rings is 1. The van der Waals surface area contributed by atoms with Gasteiger partial charge in [-0.1, -0.05) is 19.1 Å². The summed E-state index contributed by atoms with van der Waals surface area (Å²) >= 11 is 0. The van der Waals surface area contributed by atoms with E-state index in [1.54, 1.807) is 7.11 Å². The van der Waals surface area contributed by atoms with Crippen LogP contribution in [0.3, 0.4) is 0 Å². The molecule has 86 valence electrons. The first-order chi connectivity index (χ1) is 7.70. The Kier molecular flexibility index (Phi) is 2.99. The SMILES string of the molecule is CC[C@@]1(c2ccc(OC)cc2)CCC(=O)C1. The van der Waals surface area contributed by atoms with Crippen LogP contribution in [0.1, 0.15) is 38.2 Å². The zero-order valence-corrected chi connectivity index (χ0v) is 9.95. The Bertz CT molecular complexity index is 380. The average molecular weight is 218 g/mol. The highest BCUT2D eigenvalue weighted by Crippen LogP contribution is 2.42. The lowest BCUT2D eigenvalue weighted by molar-refractivity contribution is -0.117. The fourth-order valence-electron chi connectivity index (χ4n) is 2.63. The third-order valence-electron chi connectivity index (χ3n) is 3.80. The van der Waals surface area contributed by atoms with E-state index in [0.29, 0.717) is 12.2 Å². The van der Waals surface area contributed by atoms with Crippen LogP contribution < -0.4 is 4.74 Å². The molecule has 0 aromatic heterocycles. The summed E-state index contributed by atoms with van der Waals surface area (Å²) in [7, 11) is 1.67. The molecule has 16 heavy (non-hydrogen) atoms. The second-order valence-electron chi connectivity index (χ2n) is 4.58. The Labute approximate surface area is 96.6 Å². The van der Waals surface area contributed by atoms with E-state index in [9.17, 15) is 4.79 Å². The molecule has 1 saturated carbocycles. The monoisotopic (exact) mass is 218 g/mol. The molecule has 0 aliphatic heterocycles. The molecule has 0 amide bonds. The van der Waals surface area contributed by atoms with Crippen LogP contribution in [-0.2, 0) is 10.2 Å².